The molecule has 0 aliphatic rings. The Bertz CT molecular complexity index is 267. The maximum Gasteiger partial charge on any atom is 0.122 e. The van der Waals surface area contributed by atoms with E-state index in [-0.39, 0.29) is 6.61 Å². The van der Waals surface area contributed by atoms with Crippen LogP contribution >= 0.6 is 23.2 Å². The second-order valence-corrected chi connectivity index (χ2v) is 3.64. The Morgan fingerprint density at radius 3 is 2.31 bits per heavy atom. The molecule has 13 heavy (non-hydrogen) atoms. The van der Waals surface area contributed by atoms with Crippen LogP contribution in [0.2, 0.25) is 10.0 Å². The third-order valence-electron chi connectivity index (χ3n) is 1.33. The fraction of sp³-hybridized carbons (Fsp3) is 0.333. The molecule has 0 radical (unpaired) electrons. The lowest BCUT2D eigenvalue weighted by Gasteiger charge is -2.08. The number of benzene rings is 1. The molecule has 2 nitrogen and oxygen atoms in total. The van der Waals surface area contributed by atoms with E-state index in [1.807, 2.05) is 0 Å². The second-order valence-electron chi connectivity index (χ2n) is 2.77. The first-order chi connectivity index (χ1) is 6.08. The molecule has 1 rings (SSSR count). The van der Waals surface area contributed by atoms with Crippen molar-refractivity contribution in [2.75, 3.05) is 6.61 Å². The summed E-state index contributed by atoms with van der Waals surface area (Å²) >= 11 is 11.5. The summed E-state index contributed by atoms with van der Waals surface area (Å²) in [4.78, 5) is 0. The molecule has 0 spiro atoms. The average Bonchev–Trinajstić information content (AvgIpc) is 1.99. The Labute approximate surface area is 87.0 Å². The monoisotopic (exact) mass is 220 g/mol. The van der Waals surface area contributed by atoms with Gasteiger partial charge in [0.1, 0.15) is 12.4 Å². The first-order valence-corrected chi connectivity index (χ1v) is 4.60. The quantitative estimate of drug-likeness (QED) is 0.850. The van der Waals surface area contributed by atoms with E-state index in [9.17, 15) is 0 Å². The van der Waals surface area contributed by atoms with E-state index in [0.717, 1.165) is 0 Å². The maximum absolute atomic E-state index is 8.96. The van der Waals surface area contributed by atoms with E-state index < -0.39 is 6.10 Å². The minimum absolute atomic E-state index is 0.233. The van der Waals surface area contributed by atoms with Gasteiger partial charge in [-0.2, -0.15) is 0 Å². The Morgan fingerprint density at radius 2 is 1.85 bits per heavy atom. The molecule has 0 bridgehead atoms. The topological polar surface area (TPSA) is 29.5 Å². The van der Waals surface area contributed by atoms with Crippen LogP contribution in [0.3, 0.4) is 0 Å². The largest absolute Gasteiger partial charge is 0.491 e. The van der Waals surface area contributed by atoms with Gasteiger partial charge in [-0.3, -0.25) is 0 Å². The molecule has 1 atom stereocenters. The minimum atomic E-state index is -0.502. The van der Waals surface area contributed by atoms with Gasteiger partial charge in [0.2, 0.25) is 0 Å². The van der Waals surface area contributed by atoms with Gasteiger partial charge < -0.3 is 9.84 Å². The summed E-state index contributed by atoms with van der Waals surface area (Å²) in [5.74, 6) is 0.568. The minimum Gasteiger partial charge on any atom is -0.491 e. The number of ether oxygens (including phenoxy) is 1. The van der Waals surface area contributed by atoms with Crippen LogP contribution in [-0.2, 0) is 0 Å². The van der Waals surface area contributed by atoms with Gasteiger partial charge in [0.05, 0.1) is 6.10 Å². The molecule has 0 saturated carbocycles. The van der Waals surface area contributed by atoms with Crippen molar-refractivity contribution in [2.24, 2.45) is 0 Å². The van der Waals surface area contributed by atoms with Crippen LogP contribution in [0.1, 0.15) is 6.92 Å². The SMILES string of the molecule is C[C@H](O)COc1cc(Cl)cc(Cl)c1. The van der Waals surface area contributed by atoms with Gasteiger partial charge >= 0.3 is 0 Å². The molecule has 4 heteroatoms. The van der Waals surface area contributed by atoms with Crippen LogP contribution in [0.15, 0.2) is 18.2 Å². The first kappa shape index (κ1) is 10.6. The summed E-state index contributed by atoms with van der Waals surface area (Å²) in [6.07, 6.45) is -0.502. The molecule has 0 saturated heterocycles. The van der Waals surface area contributed by atoms with E-state index >= 15 is 0 Å². The Kier molecular flexibility index (Phi) is 3.85. The highest BCUT2D eigenvalue weighted by Crippen LogP contribution is 2.24. The predicted molar refractivity (Wildman–Crippen MR) is 53.6 cm³/mol. The molecule has 0 heterocycles. The van der Waals surface area contributed by atoms with Gasteiger partial charge in [-0.05, 0) is 25.1 Å². The van der Waals surface area contributed by atoms with Crippen LogP contribution in [0, 0.1) is 0 Å². The molecule has 0 amide bonds. The van der Waals surface area contributed by atoms with Crippen LogP contribution in [-0.4, -0.2) is 17.8 Å². The summed E-state index contributed by atoms with van der Waals surface area (Å²) in [5.41, 5.74) is 0. The van der Waals surface area contributed by atoms with E-state index in [4.69, 9.17) is 33.0 Å². The van der Waals surface area contributed by atoms with Crippen molar-refractivity contribution in [1.82, 2.24) is 0 Å². The van der Waals surface area contributed by atoms with Crippen molar-refractivity contribution >= 4 is 23.2 Å². The van der Waals surface area contributed by atoms with Gasteiger partial charge in [-0.1, -0.05) is 23.2 Å². The molecule has 1 N–H and O–H groups in total. The van der Waals surface area contributed by atoms with Gasteiger partial charge in [0.15, 0.2) is 0 Å². The average molecular weight is 221 g/mol. The fourth-order valence-electron chi connectivity index (χ4n) is 0.829. The maximum atomic E-state index is 8.96. The number of hydrogen-bond acceptors (Lipinski definition) is 2. The van der Waals surface area contributed by atoms with Crippen LogP contribution < -0.4 is 4.74 Å². The van der Waals surface area contributed by atoms with Gasteiger partial charge in [0, 0.05) is 10.0 Å². The predicted octanol–water partition coefficient (Wildman–Crippen LogP) is 2.75. The van der Waals surface area contributed by atoms with Crippen LogP contribution in [0.25, 0.3) is 0 Å². The molecule has 1 aromatic carbocycles. The molecule has 0 aliphatic heterocycles. The lowest BCUT2D eigenvalue weighted by atomic mass is 10.3. The third kappa shape index (κ3) is 3.85. The van der Waals surface area contributed by atoms with E-state index in [1.54, 1.807) is 25.1 Å². The molecule has 72 valence electrons. The zero-order chi connectivity index (χ0) is 9.84. The van der Waals surface area contributed by atoms with Crippen molar-refractivity contribution in [1.29, 1.82) is 0 Å². The molecule has 0 aliphatic carbocycles. The fourth-order valence-corrected chi connectivity index (χ4v) is 1.33. The summed E-state index contributed by atoms with van der Waals surface area (Å²) in [5, 5.41) is 10.0. The lowest BCUT2D eigenvalue weighted by molar-refractivity contribution is 0.123. The lowest BCUT2D eigenvalue weighted by Crippen LogP contribution is -2.12. The molecular weight excluding hydrogens is 211 g/mol. The molecular formula is C9H10Cl2O2. The van der Waals surface area contributed by atoms with Crippen molar-refractivity contribution in [2.45, 2.75) is 13.0 Å². The van der Waals surface area contributed by atoms with Crippen LogP contribution in [0.5, 0.6) is 5.75 Å². The first-order valence-electron chi connectivity index (χ1n) is 3.85. The van der Waals surface area contributed by atoms with Crippen molar-refractivity contribution in [3.8, 4) is 5.75 Å². The Morgan fingerprint density at radius 1 is 1.31 bits per heavy atom. The van der Waals surface area contributed by atoms with Crippen molar-refractivity contribution in [3.05, 3.63) is 28.2 Å². The van der Waals surface area contributed by atoms with Gasteiger partial charge in [-0.25, -0.2) is 0 Å². The number of aliphatic hydroxyl groups excluding tert-OH is 1. The highest BCUT2D eigenvalue weighted by atomic mass is 35.5. The van der Waals surface area contributed by atoms with E-state index in [1.165, 1.54) is 0 Å². The molecule has 1 aromatic rings. The zero-order valence-corrected chi connectivity index (χ0v) is 8.64. The second kappa shape index (κ2) is 4.70. The van der Waals surface area contributed by atoms with Crippen molar-refractivity contribution < 1.29 is 9.84 Å². The highest BCUT2D eigenvalue weighted by Gasteiger charge is 2.00. The molecule has 0 unspecified atom stereocenters. The highest BCUT2D eigenvalue weighted by molar-refractivity contribution is 6.34. The zero-order valence-electron chi connectivity index (χ0n) is 7.13. The van der Waals surface area contributed by atoms with E-state index in [2.05, 4.69) is 0 Å². The normalized spacial score (nSPS) is 12.6. The summed E-state index contributed by atoms with van der Waals surface area (Å²) in [7, 11) is 0. The summed E-state index contributed by atoms with van der Waals surface area (Å²) in [6, 6.07) is 4.92. The standard InChI is InChI=1S/C9H10Cl2O2/c1-6(12)5-13-9-3-7(10)2-8(11)4-9/h2-4,6,12H,5H2,1H3/t6-/m0/s1. The smallest absolute Gasteiger partial charge is 0.122 e. The molecule has 0 fully saturated rings. The van der Waals surface area contributed by atoms with Crippen molar-refractivity contribution in [3.63, 3.8) is 0 Å². The number of aliphatic hydroxyl groups is 1. The third-order valence-corrected chi connectivity index (χ3v) is 1.76. The summed E-state index contributed by atoms with van der Waals surface area (Å²) < 4.78 is 5.21. The van der Waals surface area contributed by atoms with Gasteiger partial charge in [-0.15, -0.1) is 0 Å². The van der Waals surface area contributed by atoms with Crippen LogP contribution in [0.4, 0.5) is 0 Å². The number of halogens is 2. The number of rotatable bonds is 3. The summed E-state index contributed by atoms with van der Waals surface area (Å²) in [6.45, 7) is 1.88. The van der Waals surface area contributed by atoms with E-state index in [0.29, 0.717) is 15.8 Å². The Hall–Kier alpha value is -0.440. The number of hydrogen-bond donors (Lipinski definition) is 1. The molecule has 0 aromatic heterocycles. The Balaban J connectivity index is 2.66. The van der Waals surface area contributed by atoms with Gasteiger partial charge in [0.25, 0.3) is 0 Å².